The van der Waals surface area contributed by atoms with Gasteiger partial charge >= 0.3 is 0 Å². The van der Waals surface area contributed by atoms with Crippen molar-refractivity contribution in [3.05, 3.63) is 59.7 Å². The molecule has 0 amide bonds. The van der Waals surface area contributed by atoms with Crippen LogP contribution < -0.4 is 10.1 Å². The van der Waals surface area contributed by atoms with Gasteiger partial charge in [0.2, 0.25) is 0 Å². The van der Waals surface area contributed by atoms with Crippen LogP contribution in [0.15, 0.2) is 48.5 Å². The fraction of sp³-hybridized carbons (Fsp3) is 0.294. The molecule has 106 valence electrons. The van der Waals surface area contributed by atoms with Crippen molar-refractivity contribution in [1.29, 1.82) is 0 Å². The van der Waals surface area contributed by atoms with Crippen LogP contribution in [0.5, 0.6) is 11.5 Å². The van der Waals surface area contributed by atoms with Gasteiger partial charge in [-0.2, -0.15) is 0 Å². The largest absolute Gasteiger partial charge is 0.504 e. The maximum atomic E-state index is 9.63. The first-order chi connectivity index (χ1) is 9.61. The van der Waals surface area contributed by atoms with Crippen LogP contribution in [0.4, 0.5) is 0 Å². The molecule has 2 N–H and O–H groups in total. The molecular formula is C17H21NO2. The van der Waals surface area contributed by atoms with Crippen LogP contribution in [0.1, 0.15) is 37.1 Å². The summed E-state index contributed by atoms with van der Waals surface area (Å²) < 4.78 is 5.15. The number of rotatable bonds is 5. The highest BCUT2D eigenvalue weighted by Crippen LogP contribution is 2.29. The summed E-state index contributed by atoms with van der Waals surface area (Å²) in [4.78, 5) is 0. The second-order valence-electron chi connectivity index (χ2n) is 4.95. The minimum atomic E-state index is 0.166. The standard InChI is InChI=1S/C17H21NO2/c1-12(14-7-5-4-6-8-14)18-13(2)15-9-10-16(19)17(11-15)20-3/h4-13,18-19H,1-3H3. The summed E-state index contributed by atoms with van der Waals surface area (Å²) in [6.07, 6.45) is 0. The van der Waals surface area contributed by atoms with E-state index in [0.29, 0.717) is 5.75 Å². The molecule has 0 spiro atoms. The number of hydrogen-bond acceptors (Lipinski definition) is 3. The molecule has 2 rings (SSSR count). The summed E-state index contributed by atoms with van der Waals surface area (Å²) in [5.74, 6) is 0.670. The second kappa shape index (κ2) is 6.44. The number of benzene rings is 2. The minimum Gasteiger partial charge on any atom is -0.504 e. The molecular weight excluding hydrogens is 250 g/mol. The van der Waals surface area contributed by atoms with Crippen LogP contribution in [-0.2, 0) is 0 Å². The summed E-state index contributed by atoms with van der Waals surface area (Å²) in [6.45, 7) is 4.24. The summed E-state index contributed by atoms with van der Waals surface area (Å²) in [6, 6.07) is 16.2. The Labute approximate surface area is 120 Å². The van der Waals surface area contributed by atoms with Gasteiger partial charge in [-0.25, -0.2) is 0 Å². The Morgan fingerprint density at radius 2 is 1.60 bits per heavy atom. The highest BCUT2D eigenvalue weighted by molar-refractivity contribution is 5.42. The zero-order valence-electron chi connectivity index (χ0n) is 12.1. The molecule has 0 aromatic heterocycles. The van der Waals surface area contributed by atoms with E-state index in [-0.39, 0.29) is 17.8 Å². The van der Waals surface area contributed by atoms with E-state index in [4.69, 9.17) is 4.74 Å². The van der Waals surface area contributed by atoms with Crippen molar-refractivity contribution in [1.82, 2.24) is 5.32 Å². The van der Waals surface area contributed by atoms with Gasteiger partial charge in [-0.15, -0.1) is 0 Å². The maximum Gasteiger partial charge on any atom is 0.160 e. The maximum absolute atomic E-state index is 9.63. The Hall–Kier alpha value is -2.00. The van der Waals surface area contributed by atoms with E-state index in [9.17, 15) is 5.11 Å². The zero-order valence-corrected chi connectivity index (χ0v) is 12.1. The lowest BCUT2D eigenvalue weighted by molar-refractivity contribution is 0.371. The van der Waals surface area contributed by atoms with E-state index >= 15 is 0 Å². The Balaban J connectivity index is 2.10. The Morgan fingerprint density at radius 3 is 2.25 bits per heavy atom. The van der Waals surface area contributed by atoms with Crippen LogP contribution >= 0.6 is 0 Å². The van der Waals surface area contributed by atoms with Crippen molar-refractivity contribution < 1.29 is 9.84 Å². The highest BCUT2D eigenvalue weighted by Gasteiger charge is 2.12. The summed E-state index contributed by atoms with van der Waals surface area (Å²) in [5, 5.41) is 13.2. The molecule has 2 atom stereocenters. The molecule has 0 aliphatic rings. The fourth-order valence-electron chi connectivity index (χ4n) is 2.27. The van der Waals surface area contributed by atoms with Crippen molar-refractivity contribution in [2.75, 3.05) is 7.11 Å². The monoisotopic (exact) mass is 271 g/mol. The minimum absolute atomic E-state index is 0.166. The predicted octanol–water partition coefficient (Wildman–Crippen LogP) is 3.81. The van der Waals surface area contributed by atoms with Gasteiger partial charge in [0, 0.05) is 12.1 Å². The summed E-state index contributed by atoms with van der Waals surface area (Å²) in [7, 11) is 1.56. The fourth-order valence-corrected chi connectivity index (χ4v) is 2.27. The second-order valence-corrected chi connectivity index (χ2v) is 4.95. The van der Waals surface area contributed by atoms with E-state index < -0.39 is 0 Å². The molecule has 2 aromatic carbocycles. The third kappa shape index (κ3) is 3.31. The van der Waals surface area contributed by atoms with Crippen molar-refractivity contribution in [3.63, 3.8) is 0 Å². The number of methoxy groups -OCH3 is 1. The Bertz CT molecular complexity index is 554. The van der Waals surface area contributed by atoms with Crippen LogP contribution in [-0.4, -0.2) is 12.2 Å². The number of phenolic OH excluding ortho intramolecular Hbond substituents is 1. The van der Waals surface area contributed by atoms with E-state index in [1.807, 2.05) is 30.3 Å². The molecule has 3 heteroatoms. The number of nitrogens with one attached hydrogen (secondary N) is 1. The molecule has 3 nitrogen and oxygen atoms in total. The number of hydrogen-bond donors (Lipinski definition) is 2. The lowest BCUT2D eigenvalue weighted by Crippen LogP contribution is -2.22. The van der Waals surface area contributed by atoms with Crippen LogP contribution in [0.25, 0.3) is 0 Å². The van der Waals surface area contributed by atoms with Crippen LogP contribution in [0, 0.1) is 0 Å². The molecule has 0 fully saturated rings. The molecule has 0 aliphatic carbocycles. The Kier molecular flexibility index (Phi) is 4.64. The average molecular weight is 271 g/mol. The topological polar surface area (TPSA) is 41.5 Å². The van der Waals surface area contributed by atoms with E-state index in [1.165, 1.54) is 5.56 Å². The molecule has 0 saturated heterocycles. The third-order valence-electron chi connectivity index (χ3n) is 3.50. The lowest BCUT2D eigenvalue weighted by Gasteiger charge is -2.21. The molecule has 0 aliphatic heterocycles. The lowest BCUT2D eigenvalue weighted by atomic mass is 10.0. The first kappa shape index (κ1) is 14.4. The van der Waals surface area contributed by atoms with Crippen molar-refractivity contribution in [3.8, 4) is 11.5 Å². The highest BCUT2D eigenvalue weighted by atomic mass is 16.5. The molecule has 0 saturated carbocycles. The van der Waals surface area contributed by atoms with Gasteiger partial charge in [-0.05, 0) is 37.1 Å². The first-order valence-corrected chi connectivity index (χ1v) is 6.79. The van der Waals surface area contributed by atoms with Crippen LogP contribution in [0.3, 0.4) is 0 Å². The van der Waals surface area contributed by atoms with Crippen molar-refractivity contribution >= 4 is 0 Å². The van der Waals surface area contributed by atoms with E-state index in [0.717, 1.165) is 5.56 Å². The molecule has 0 bridgehead atoms. The van der Waals surface area contributed by atoms with Crippen molar-refractivity contribution in [2.24, 2.45) is 0 Å². The smallest absolute Gasteiger partial charge is 0.160 e. The molecule has 2 unspecified atom stereocenters. The first-order valence-electron chi connectivity index (χ1n) is 6.79. The van der Waals surface area contributed by atoms with Gasteiger partial charge in [0.25, 0.3) is 0 Å². The van der Waals surface area contributed by atoms with Gasteiger partial charge in [-0.3, -0.25) is 0 Å². The number of phenols is 1. The van der Waals surface area contributed by atoms with Gasteiger partial charge in [-0.1, -0.05) is 36.4 Å². The van der Waals surface area contributed by atoms with Crippen molar-refractivity contribution in [2.45, 2.75) is 25.9 Å². The van der Waals surface area contributed by atoms with Gasteiger partial charge in [0.15, 0.2) is 11.5 Å². The normalized spacial score (nSPS) is 13.8. The van der Waals surface area contributed by atoms with Crippen LogP contribution in [0.2, 0.25) is 0 Å². The SMILES string of the molecule is COc1cc(C(C)NC(C)c2ccccc2)ccc1O. The van der Waals surface area contributed by atoms with Gasteiger partial charge in [0.05, 0.1) is 7.11 Å². The molecule has 0 heterocycles. The third-order valence-corrected chi connectivity index (χ3v) is 3.50. The average Bonchev–Trinajstić information content (AvgIpc) is 2.48. The quantitative estimate of drug-likeness (QED) is 0.868. The number of ether oxygens (including phenoxy) is 1. The molecule has 0 radical (unpaired) electrons. The zero-order chi connectivity index (χ0) is 14.5. The number of aromatic hydroxyl groups is 1. The van der Waals surface area contributed by atoms with E-state index in [2.05, 4.69) is 31.3 Å². The van der Waals surface area contributed by atoms with Gasteiger partial charge in [0.1, 0.15) is 0 Å². The summed E-state index contributed by atoms with van der Waals surface area (Å²) in [5.41, 5.74) is 2.34. The molecule has 20 heavy (non-hydrogen) atoms. The van der Waals surface area contributed by atoms with Gasteiger partial charge < -0.3 is 15.2 Å². The summed E-state index contributed by atoms with van der Waals surface area (Å²) >= 11 is 0. The van der Waals surface area contributed by atoms with E-state index in [1.54, 1.807) is 13.2 Å². The predicted molar refractivity (Wildman–Crippen MR) is 81.1 cm³/mol. The Morgan fingerprint density at radius 1 is 0.950 bits per heavy atom. The molecule has 2 aromatic rings.